The van der Waals surface area contributed by atoms with Gasteiger partial charge in [0.25, 0.3) is 0 Å². The topological polar surface area (TPSA) is 68.0 Å². The van der Waals surface area contributed by atoms with E-state index in [0.717, 1.165) is 40.2 Å². The van der Waals surface area contributed by atoms with Crippen molar-refractivity contribution in [2.75, 3.05) is 5.32 Å². The molecular formula is C14H18ClN3OS. The van der Waals surface area contributed by atoms with Crippen molar-refractivity contribution >= 4 is 45.6 Å². The van der Waals surface area contributed by atoms with Crippen LogP contribution < -0.4 is 11.1 Å². The molecule has 0 radical (unpaired) electrons. The van der Waals surface area contributed by atoms with Gasteiger partial charge in [-0.05, 0) is 38.0 Å². The average molecular weight is 312 g/mol. The molecule has 2 unspecified atom stereocenters. The summed E-state index contributed by atoms with van der Waals surface area (Å²) in [5.41, 5.74) is 7.78. The molecule has 108 valence electrons. The Labute approximate surface area is 128 Å². The number of thiazole rings is 1. The summed E-state index contributed by atoms with van der Waals surface area (Å²) in [6.07, 6.45) is 2.90. The second-order valence-electron chi connectivity index (χ2n) is 5.11. The van der Waals surface area contributed by atoms with Gasteiger partial charge in [-0.15, -0.1) is 23.7 Å². The van der Waals surface area contributed by atoms with Crippen LogP contribution >= 0.6 is 23.7 Å². The number of nitrogens with two attached hydrogens (primary N) is 1. The Bertz CT molecular complexity index is 628. The first-order chi connectivity index (χ1) is 9.13. The number of rotatable bonds is 2. The summed E-state index contributed by atoms with van der Waals surface area (Å²) >= 11 is 1.64. The highest BCUT2D eigenvalue weighted by Crippen LogP contribution is 2.27. The molecule has 1 fully saturated rings. The SMILES string of the molecule is Cc1nc2ccc(NC(=O)C3CCCC3N)cc2s1.Cl. The quantitative estimate of drug-likeness (QED) is 0.895. The third kappa shape index (κ3) is 2.95. The Morgan fingerprint density at radius 1 is 1.45 bits per heavy atom. The summed E-state index contributed by atoms with van der Waals surface area (Å²) in [7, 11) is 0. The Kier molecular flexibility index (Phi) is 4.62. The molecule has 1 aromatic carbocycles. The van der Waals surface area contributed by atoms with Crippen molar-refractivity contribution < 1.29 is 4.79 Å². The summed E-state index contributed by atoms with van der Waals surface area (Å²) in [6.45, 7) is 1.99. The monoisotopic (exact) mass is 311 g/mol. The Balaban J connectivity index is 0.00000147. The van der Waals surface area contributed by atoms with Gasteiger partial charge in [-0.25, -0.2) is 4.98 Å². The number of carbonyl (C=O) groups is 1. The van der Waals surface area contributed by atoms with Crippen molar-refractivity contribution in [1.29, 1.82) is 0 Å². The molecule has 6 heteroatoms. The van der Waals surface area contributed by atoms with Crippen LogP contribution in [-0.4, -0.2) is 16.9 Å². The van der Waals surface area contributed by atoms with Crippen LogP contribution in [0.2, 0.25) is 0 Å². The Morgan fingerprint density at radius 2 is 2.25 bits per heavy atom. The number of anilines is 1. The molecule has 3 N–H and O–H groups in total. The number of hydrogen-bond donors (Lipinski definition) is 2. The lowest BCUT2D eigenvalue weighted by Crippen LogP contribution is -2.34. The molecule has 4 nitrogen and oxygen atoms in total. The van der Waals surface area contributed by atoms with Crippen molar-refractivity contribution in [3.63, 3.8) is 0 Å². The van der Waals surface area contributed by atoms with Gasteiger partial charge in [0.1, 0.15) is 0 Å². The molecule has 2 atom stereocenters. The molecule has 0 bridgehead atoms. The van der Waals surface area contributed by atoms with Crippen LogP contribution in [0.1, 0.15) is 24.3 Å². The molecule has 1 aliphatic rings. The van der Waals surface area contributed by atoms with Crippen molar-refractivity contribution in [2.24, 2.45) is 11.7 Å². The first-order valence-electron chi connectivity index (χ1n) is 6.57. The fourth-order valence-electron chi connectivity index (χ4n) is 2.67. The van der Waals surface area contributed by atoms with E-state index in [1.807, 2.05) is 25.1 Å². The fourth-order valence-corrected chi connectivity index (χ4v) is 3.53. The minimum atomic E-state index is -0.0427. The fraction of sp³-hybridized carbons (Fsp3) is 0.429. The second-order valence-corrected chi connectivity index (χ2v) is 6.34. The van der Waals surface area contributed by atoms with Crippen molar-refractivity contribution in [3.8, 4) is 0 Å². The van der Waals surface area contributed by atoms with E-state index >= 15 is 0 Å². The van der Waals surface area contributed by atoms with E-state index in [2.05, 4.69) is 10.3 Å². The first-order valence-corrected chi connectivity index (χ1v) is 7.39. The second kappa shape index (κ2) is 6.08. The van der Waals surface area contributed by atoms with Crippen LogP contribution in [0.5, 0.6) is 0 Å². The van der Waals surface area contributed by atoms with E-state index in [0.29, 0.717) is 0 Å². The van der Waals surface area contributed by atoms with E-state index in [1.165, 1.54) is 0 Å². The summed E-state index contributed by atoms with van der Waals surface area (Å²) in [6, 6.07) is 5.84. The van der Waals surface area contributed by atoms with E-state index in [9.17, 15) is 4.79 Å². The predicted octanol–water partition coefficient (Wildman–Crippen LogP) is 3.09. The number of carbonyl (C=O) groups excluding carboxylic acids is 1. The van der Waals surface area contributed by atoms with Gasteiger partial charge in [0, 0.05) is 11.7 Å². The van der Waals surface area contributed by atoms with Crippen LogP contribution in [0.15, 0.2) is 18.2 Å². The summed E-state index contributed by atoms with van der Waals surface area (Å²) in [4.78, 5) is 16.6. The summed E-state index contributed by atoms with van der Waals surface area (Å²) < 4.78 is 1.10. The van der Waals surface area contributed by atoms with E-state index < -0.39 is 0 Å². The highest BCUT2D eigenvalue weighted by atomic mass is 35.5. The van der Waals surface area contributed by atoms with Crippen molar-refractivity contribution in [1.82, 2.24) is 4.98 Å². The van der Waals surface area contributed by atoms with Gasteiger partial charge in [-0.3, -0.25) is 4.79 Å². The molecule has 3 rings (SSSR count). The Hall–Kier alpha value is -1.17. The maximum absolute atomic E-state index is 12.2. The number of nitrogens with zero attached hydrogens (tertiary/aromatic N) is 1. The van der Waals surface area contributed by atoms with Gasteiger partial charge < -0.3 is 11.1 Å². The zero-order valence-corrected chi connectivity index (χ0v) is 12.9. The number of aromatic nitrogens is 1. The largest absolute Gasteiger partial charge is 0.327 e. The lowest BCUT2D eigenvalue weighted by Gasteiger charge is -2.15. The van der Waals surface area contributed by atoms with Gasteiger partial charge in [-0.1, -0.05) is 6.42 Å². The maximum atomic E-state index is 12.2. The van der Waals surface area contributed by atoms with Crippen LogP contribution in [0.3, 0.4) is 0 Å². The molecule has 0 aliphatic heterocycles. The van der Waals surface area contributed by atoms with Crippen LogP contribution in [0, 0.1) is 12.8 Å². The third-order valence-electron chi connectivity index (χ3n) is 3.67. The molecule has 1 aliphatic carbocycles. The number of aryl methyl sites for hydroxylation is 1. The smallest absolute Gasteiger partial charge is 0.229 e. The normalized spacial score (nSPS) is 21.7. The number of amides is 1. The molecule has 1 aromatic heterocycles. The lowest BCUT2D eigenvalue weighted by atomic mass is 10.0. The zero-order chi connectivity index (χ0) is 13.4. The molecule has 20 heavy (non-hydrogen) atoms. The highest BCUT2D eigenvalue weighted by molar-refractivity contribution is 7.18. The lowest BCUT2D eigenvalue weighted by molar-refractivity contribution is -0.120. The first kappa shape index (κ1) is 15.2. The van der Waals surface area contributed by atoms with Crippen molar-refractivity contribution in [2.45, 2.75) is 32.2 Å². The van der Waals surface area contributed by atoms with Gasteiger partial charge >= 0.3 is 0 Å². The van der Waals surface area contributed by atoms with Crippen LogP contribution in [0.25, 0.3) is 10.2 Å². The minimum Gasteiger partial charge on any atom is -0.327 e. The van der Waals surface area contributed by atoms with Crippen LogP contribution in [-0.2, 0) is 4.79 Å². The molecule has 2 aromatic rings. The number of fused-ring (bicyclic) bond motifs is 1. The number of hydrogen-bond acceptors (Lipinski definition) is 4. The van der Waals surface area contributed by atoms with E-state index in [4.69, 9.17) is 5.73 Å². The number of benzene rings is 1. The molecular weight excluding hydrogens is 294 g/mol. The van der Waals surface area contributed by atoms with Gasteiger partial charge in [0.15, 0.2) is 0 Å². The molecule has 0 saturated heterocycles. The van der Waals surface area contributed by atoms with E-state index in [1.54, 1.807) is 11.3 Å². The summed E-state index contributed by atoms with van der Waals surface area (Å²) in [5.74, 6) is 0.00415. The Morgan fingerprint density at radius 3 is 2.95 bits per heavy atom. The maximum Gasteiger partial charge on any atom is 0.229 e. The van der Waals surface area contributed by atoms with E-state index in [-0.39, 0.29) is 30.3 Å². The zero-order valence-electron chi connectivity index (χ0n) is 11.3. The average Bonchev–Trinajstić information content (AvgIpc) is 2.93. The number of halogens is 1. The predicted molar refractivity (Wildman–Crippen MR) is 85.6 cm³/mol. The third-order valence-corrected chi connectivity index (χ3v) is 4.60. The molecule has 0 spiro atoms. The summed E-state index contributed by atoms with van der Waals surface area (Å²) in [5, 5.41) is 4.01. The molecule has 1 saturated carbocycles. The minimum absolute atomic E-state index is 0. The standard InChI is InChI=1S/C14H17N3OS.ClH/c1-8-16-12-6-5-9(7-13(12)19-8)17-14(18)10-3-2-4-11(10)15;/h5-7,10-11H,2-4,15H2,1H3,(H,17,18);1H. The number of nitrogens with one attached hydrogen (secondary N) is 1. The van der Waals surface area contributed by atoms with Crippen molar-refractivity contribution in [3.05, 3.63) is 23.2 Å². The van der Waals surface area contributed by atoms with Gasteiger partial charge in [0.05, 0.1) is 21.1 Å². The van der Waals surface area contributed by atoms with Gasteiger partial charge in [0.2, 0.25) is 5.91 Å². The highest BCUT2D eigenvalue weighted by Gasteiger charge is 2.30. The van der Waals surface area contributed by atoms with Gasteiger partial charge in [-0.2, -0.15) is 0 Å². The molecule has 1 amide bonds. The van der Waals surface area contributed by atoms with Crippen LogP contribution in [0.4, 0.5) is 5.69 Å². The molecule has 1 heterocycles.